The second-order valence-electron chi connectivity index (χ2n) is 4.23. The van der Waals surface area contributed by atoms with Crippen molar-refractivity contribution in [1.29, 1.82) is 0 Å². The lowest BCUT2D eigenvalue weighted by Gasteiger charge is -2.12. The molecule has 1 aromatic heterocycles. The van der Waals surface area contributed by atoms with Crippen molar-refractivity contribution >= 4 is 11.7 Å². The standard InChI is InChI=1S/C12H16N6O2/c1-4-18-12(14-15-16-18)20-10-7-5-9(6-8-10)13-11(19)17(2)3/h5-8H,4H2,1-3H3,(H,13,19). The maximum Gasteiger partial charge on any atom is 0.340 e. The van der Waals surface area contributed by atoms with Crippen molar-refractivity contribution in [3.8, 4) is 11.8 Å². The Labute approximate surface area is 116 Å². The van der Waals surface area contributed by atoms with Crippen molar-refractivity contribution < 1.29 is 9.53 Å². The molecule has 0 fully saturated rings. The van der Waals surface area contributed by atoms with Gasteiger partial charge in [0.15, 0.2) is 0 Å². The molecule has 0 atom stereocenters. The average molecular weight is 276 g/mol. The number of hydrogen-bond acceptors (Lipinski definition) is 5. The molecular formula is C12H16N6O2. The van der Waals surface area contributed by atoms with Crippen molar-refractivity contribution in [2.45, 2.75) is 13.5 Å². The van der Waals surface area contributed by atoms with E-state index in [1.807, 2.05) is 6.92 Å². The number of benzene rings is 1. The zero-order chi connectivity index (χ0) is 14.5. The number of hydrogen-bond donors (Lipinski definition) is 1. The first-order chi connectivity index (χ1) is 9.60. The zero-order valence-corrected chi connectivity index (χ0v) is 11.6. The van der Waals surface area contributed by atoms with Gasteiger partial charge in [0.2, 0.25) is 0 Å². The fourth-order valence-corrected chi connectivity index (χ4v) is 1.42. The van der Waals surface area contributed by atoms with Gasteiger partial charge in [-0.1, -0.05) is 5.10 Å². The van der Waals surface area contributed by atoms with Crippen LogP contribution < -0.4 is 10.1 Å². The van der Waals surface area contributed by atoms with E-state index >= 15 is 0 Å². The number of carbonyl (C=O) groups is 1. The molecule has 106 valence electrons. The van der Waals surface area contributed by atoms with Crippen LogP contribution in [0.1, 0.15) is 6.92 Å². The van der Waals surface area contributed by atoms with Crippen LogP contribution >= 0.6 is 0 Å². The molecule has 0 unspecified atom stereocenters. The summed E-state index contributed by atoms with van der Waals surface area (Å²) >= 11 is 0. The van der Waals surface area contributed by atoms with Gasteiger partial charge in [-0.15, -0.1) is 0 Å². The number of urea groups is 1. The molecule has 1 N–H and O–H groups in total. The third-order valence-electron chi connectivity index (χ3n) is 2.52. The molecule has 8 nitrogen and oxygen atoms in total. The summed E-state index contributed by atoms with van der Waals surface area (Å²) in [5.41, 5.74) is 0.686. The number of anilines is 1. The fourth-order valence-electron chi connectivity index (χ4n) is 1.42. The molecule has 2 rings (SSSR count). The molecule has 2 aromatic rings. The highest BCUT2D eigenvalue weighted by atomic mass is 16.5. The summed E-state index contributed by atoms with van der Waals surface area (Å²) in [5.74, 6) is 0.595. The summed E-state index contributed by atoms with van der Waals surface area (Å²) in [7, 11) is 3.36. The van der Waals surface area contributed by atoms with Crippen LogP contribution in [0.25, 0.3) is 0 Å². The van der Waals surface area contributed by atoms with E-state index in [0.29, 0.717) is 24.0 Å². The predicted molar refractivity (Wildman–Crippen MR) is 72.7 cm³/mol. The Morgan fingerprint density at radius 1 is 1.35 bits per heavy atom. The van der Waals surface area contributed by atoms with Crippen LogP contribution in [0, 0.1) is 0 Å². The van der Waals surface area contributed by atoms with Gasteiger partial charge in [0.25, 0.3) is 0 Å². The van der Waals surface area contributed by atoms with E-state index in [1.165, 1.54) is 4.90 Å². The Kier molecular flexibility index (Phi) is 4.14. The highest BCUT2D eigenvalue weighted by molar-refractivity contribution is 5.88. The highest BCUT2D eigenvalue weighted by Gasteiger charge is 2.07. The van der Waals surface area contributed by atoms with Gasteiger partial charge < -0.3 is 15.0 Å². The SMILES string of the molecule is CCn1nnnc1Oc1ccc(NC(=O)N(C)C)cc1. The molecule has 0 bridgehead atoms. The Bertz CT molecular complexity index is 578. The van der Waals surface area contributed by atoms with Crippen LogP contribution in [0.4, 0.5) is 10.5 Å². The van der Waals surface area contributed by atoms with Crippen LogP contribution in [0.5, 0.6) is 11.8 Å². The van der Waals surface area contributed by atoms with Gasteiger partial charge in [0.05, 0.1) is 0 Å². The van der Waals surface area contributed by atoms with E-state index in [2.05, 4.69) is 20.8 Å². The van der Waals surface area contributed by atoms with E-state index in [9.17, 15) is 4.79 Å². The zero-order valence-electron chi connectivity index (χ0n) is 11.6. The molecule has 1 heterocycles. The number of tetrazole rings is 1. The van der Waals surface area contributed by atoms with Gasteiger partial charge in [-0.05, 0) is 41.6 Å². The van der Waals surface area contributed by atoms with Gasteiger partial charge in [0.1, 0.15) is 5.75 Å². The van der Waals surface area contributed by atoms with Crippen LogP contribution in [0.2, 0.25) is 0 Å². The van der Waals surface area contributed by atoms with Gasteiger partial charge in [-0.2, -0.15) is 4.68 Å². The molecule has 0 aliphatic carbocycles. The van der Waals surface area contributed by atoms with Crippen molar-refractivity contribution in [2.75, 3.05) is 19.4 Å². The number of amides is 2. The molecule has 0 saturated heterocycles. The topological polar surface area (TPSA) is 85.2 Å². The molecule has 8 heteroatoms. The summed E-state index contributed by atoms with van der Waals surface area (Å²) in [6.45, 7) is 2.54. The molecule has 20 heavy (non-hydrogen) atoms. The van der Waals surface area contributed by atoms with Crippen molar-refractivity contribution in [2.24, 2.45) is 0 Å². The quantitative estimate of drug-likeness (QED) is 0.916. The van der Waals surface area contributed by atoms with E-state index < -0.39 is 0 Å². The van der Waals surface area contributed by atoms with Crippen molar-refractivity contribution in [1.82, 2.24) is 25.1 Å². The number of rotatable bonds is 4. The van der Waals surface area contributed by atoms with Crippen LogP contribution in [0.15, 0.2) is 24.3 Å². The van der Waals surface area contributed by atoms with Crippen molar-refractivity contribution in [3.05, 3.63) is 24.3 Å². The third-order valence-corrected chi connectivity index (χ3v) is 2.52. The Hall–Kier alpha value is -2.64. The summed E-state index contributed by atoms with van der Waals surface area (Å²) in [5, 5.41) is 13.8. The largest absolute Gasteiger partial charge is 0.423 e. The first-order valence-electron chi connectivity index (χ1n) is 6.12. The van der Waals surface area contributed by atoms with E-state index in [1.54, 1.807) is 43.0 Å². The maximum absolute atomic E-state index is 11.5. The second kappa shape index (κ2) is 6.00. The molecule has 0 aliphatic rings. The number of aromatic nitrogens is 4. The normalized spacial score (nSPS) is 10.2. The molecule has 1 aromatic carbocycles. The second-order valence-corrected chi connectivity index (χ2v) is 4.23. The molecule has 0 spiro atoms. The van der Waals surface area contributed by atoms with Crippen LogP contribution in [0.3, 0.4) is 0 Å². The summed E-state index contributed by atoms with van der Waals surface area (Å²) < 4.78 is 7.09. The first kappa shape index (κ1) is 13.8. The molecule has 0 aliphatic heterocycles. The molecular weight excluding hydrogens is 260 g/mol. The maximum atomic E-state index is 11.5. The van der Waals surface area contributed by atoms with E-state index in [-0.39, 0.29) is 6.03 Å². The number of aryl methyl sites for hydroxylation is 1. The lowest BCUT2D eigenvalue weighted by molar-refractivity contribution is 0.230. The molecule has 2 amide bonds. The summed E-state index contributed by atoms with van der Waals surface area (Å²) in [6.07, 6.45) is 0. The minimum atomic E-state index is -0.186. The van der Waals surface area contributed by atoms with Gasteiger partial charge in [0, 0.05) is 26.3 Å². The van der Waals surface area contributed by atoms with Gasteiger partial charge in [-0.25, -0.2) is 4.79 Å². The lowest BCUT2D eigenvalue weighted by atomic mass is 10.3. The average Bonchev–Trinajstić information content (AvgIpc) is 2.88. The summed E-state index contributed by atoms with van der Waals surface area (Å²) in [4.78, 5) is 12.9. The monoisotopic (exact) mass is 276 g/mol. The Balaban J connectivity index is 2.03. The molecule has 0 radical (unpaired) electrons. The minimum Gasteiger partial charge on any atom is -0.423 e. The van der Waals surface area contributed by atoms with Gasteiger partial charge in [-0.3, -0.25) is 0 Å². The van der Waals surface area contributed by atoms with E-state index in [0.717, 1.165) is 0 Å². The third kappa shape index (κ3) is 3.22. The lowest BCUT2D eigenvalue weighted by Crippen LogP contribution is -2.27. The number of ether oxygens (including phenoxy) is 1. The number of nitrogens with zero attached hydrogens (tertiary/aromatic N) is 5. The smallest absolute Gasteiger partial charge is 0.340 e. The predicted octanol–water partition coefficient (Wildman–Crippen LogP) is 1.58. The first-order valence-corrected chi connectivity index (χ1v) is 6.12. The number of nitrogens with one attached hydrogen (secondary N) is 1. The van der Waals surface area contributed by atoms with Gasteiger partial charge >= 0.3 is 12.0 Å². The van der Waals surface area contributed by atoms with Crippen molar-refractivity contribution in [3.63, 3.8) is 0 Å². The number of carbonyl (C=O) groups excluding carboxylic acids is 1. The van der Waals surface area contributed by atoms with Crippen LogP contribution in [-0.2, 0) is 6.54 Å². The molecule has 0 saturated carbocycles. The fraction of sp³-hybridized carbons (Fsp3) is 0.333. The highest BCUT2D eigenvalue weighted by Crippen LogP contribution is 2.20. The Morgan fingerprint density at radius 2 is 2.05 bits per heavy atom. The summed E-state index contributed by atoms with van der Waals surface area (Å²) in [6, 6.07) is 7.11. The Morgan fingerprint density at radius 3 is 2.65 bits per heavy atom. The minimum absolute atomic E-state index is 0.186. The van der Waals surface area contributed by atoms with E-state index in [4.69, 9.17) is 4.74 Å². The van der Waals surface area contributed by atoms with Crippen LogP contribution in [-0.4, -0.2) is 45.2 Å².